The van der Waals surface area contributed by atoms with Crippen LogP contribution in [0.15, 0.2) is 54.6 Å². The van der Waals surface area contributed by atoms with E-state index >= 15 is 0 Å². The standard InChI is InChI=1S/C20H23FN2O3S/c1-27-12-11-18(20(25)22-13-15-7-9-16(21)10-8-15)23-19(24)14-26-17-5-3-2-4-6-17/h2-10,18H,11-14H2,1H3,(H,22,25)(H,23,24)/t18-/m1/s1. The molecule has 2 rings (SSSR count). The molecule has 2 N–H and O–H groups in total. The maximum atomic E-state index is 12.9. The van der Waals surface area contributed by atoms with Gasteiger partial charge in [-0.1, -0.05) is 30.3 Å². The number of rotatable bonds is 10. The molecule has 2 aromatic rings. The van der Waals surface area contributed by atoms with Crippen molar-refractivity contribution < 1.29 is 18.7 Å². The molecule has 27 heavy (non-hydrogen) atoms. The van der Waals surface area contributed by atoms with E-state index in [0.717, 1.165) is 11.3 Å². The Kier molecular flexibility index (Phi) is 8.64. The normalized spacial score (nSPS) is 11.5. The minimum atomic E-state index is -0.648. The summed E-state index contributed by atoms with van der Waals surface area (Å²) in [6.07, 6.45) is 2.45. The Bertz CT molecular complexity index is 726. The summed E-state index contributed by atoms with van der Waals surface area (Å²) in [6, 6.07) is 14.3. The van der Waals surface area contributed by atoms with Crippen molar-refractivity contribution in [1.82, 2.24) is 10.6 Å². The molecule has 0 aromatic heterocycles. The molecule has 0 aliphatic carbocycles. The van der Waals surface area contributed by atoms with E-state index in [0.29, 0.717) is 12.2 Å². The van der Waals surface area contributed by atoms with Crippen LogP contribution >= 0.6 is 11.8 Å². The van der Waals surface area contributed by atoms with E-state index in [1.54, 1.807) is 36.0 Å². The van der Waals surface area contributed by atoms with Gasteiger partial charge >= 0.3 is 0 Å². The molecule has 0 spiro atoms. The Balaban J connectivity index is 1.85. The van der Waals surface area contributed by atoms with Gasteiger partial charge in [-0.3, -0.25) is 9.59 Å². The molecule has 0 saturated heterocycles. The maximum absolute atomic E-state index is 12.9. The lowest BCUT2D eigenvalue weighted by Crippen LogP contribution is -2.48. The monoisotopic (exact) mass is 390 g/mol. The summed E-state index contributed by atoms with van der Waals surface area (Å²) < 4.78 is 18.4. The van der Waals surface area contributed by atoms with Crippen LogP contribution in [0.3, 0.4) is 0 Å². The van der Waals surface area contributed by atoms with Gasteiger partial charge < -0.3 is 15.4 Å². The summed E-state index contributed by atoms with van der Waals surface area (Å²) in [4.78, 5) is 24.6. The predicted octanol–water partition coefficient (Wildman–Crippen LogP) is 2.76. The first-order valence-electron chi connectivity index (χ1n) is 8.57. The van der Waals surface area contributed by atoms with Gasteiger partial charge in [-0.25, -0.2) is 4.39 Å². The molecule has 1 atom stereocenters. The molecule has 0 saturated carbocycles. The zero-order valence-corrected chi connectivity index (χ0v) is 15.9. The van der Waals surface area contributed by atoms with E-state index < -0.39 is 6.04 Å². The Morgan fingerprint density at radius 3 is 2.48 bits per heavy atom. The molecule has 0 heterocycles. The molecule has 144 valence electrons. The van der Waals surface area contributed by atoms with E-state index in [1.165, 1.54) is 12.1 Å². The van der Waals surface area contributed by atoms with E-state index in [4.69, 9.17) is 4.74 Å². The number of benzene rings is 2. The number of para-hydroxylation sites is 1. The Morgan fingerprint density at radius 2 is 1.81 bits per heavy atom. The van der Waals surface area contributed by atoms with E-state index in [-0.39, 0.29) is 30.8 Å². The quantitative estimate of drug-likeness (QED) is 0.655. The van der Waals surface area contributed by atoms with Crippen molar-refractivity contribution in [1.29, 1.82) is 0 Å². The zero-order valence-electron chi connectivity index (χ0n) is 15.1. The molecule has 2 aromatic carbocycles. The van der Waals surface area contributed by atoms with Gasteiger partial charge in [0, 0.05) is 6.54 Å². The number of ether oxygens (including phenoxy) is 1. The maximum Gasteiger partial charge on any atom is 0.258 e. The van der Waals surface area contributed by atoms with Crippen LogP contribution in [-0.4, -0.2) is 36.5 Å². The number of hydrogen-bond donors (Lipinski definition) is 2. The summed E-state index contributed by atoms with van der Waals surface area (Å²) in [6.45, 7) is 0.107. The highest BCUT2D eigenvalue weighted by Gasteiger charge is 2.20. The summed E-state index contributed by atoms with van der Waals surface area (Å²) >= 11 is 1.60. The molecular formula is C20H23FN2O3S. The fourth-order valence-electron chi connectivity index (χ4n) is 2.32. The van der Waals surface area contributed by atoms with Crippen molar-refractivity contribution in [2.75, 3.05) is 18.6 Å². The van der Waals surface area contributed by atoms with Gasteiger partial charge in [-0.15, -0.1) is 0 Å². The molecule has 0 unspecified atom stereocenters. The number of thioether (sulfide) groups is 1. The van der Waals surface area contributed by atoms with Gasteiger partial charge in [-0.2, -0.15) is 11.8 Å². The van der Waals surface area contributed by atoms with Crippen LogP contribution in [0.4, 0.5) is 4.39 Å². The highest BCUT2D eigenvalue weighted by molar-refractivity contribution is 7.98. The average Bonchev–Trinajstić information content (AvgIpc) is 2.69. The first-order chi connectivity index (χ1) is 13.1. The summed E-state index contributed by atoms with van der Waals surface area (Å²) in [5.74, 6) is 0.361. The lowest BCUT2D eigenvalue weighted by atomic mass is 10.2. The molecule has 0 fully saturated rings. The van der Waals surface area contributed by atoms with Crippen LogP contribution in [-0.2, 0) is 16.1 Å². The van der Waals surface area contributed by atoms with E-state index in [1.807, 2.05) is 24.5 Å². The predicted molar refractivity (Wildman–Crippen MR) is 105 cm³/mol. The Morgan fingerprint density at radius 1 is 1.11 bits per heavy atom. The molecule has 0 aliphatic heterocycles. The third-order valence-corrected chi connectivity index (χ3v) is 4.40. The van der Waals surface area contributed by atoms with E-state index in [9.17, 15) is 14.0 Å². The number of halogens is 1. The SMILES string of the molecule is CSCC[C@@H](NC(=O)COc1ccccc1)C(=O)NCc1ccc(F)cc1. The van der Waals surface area contributed by atoms with Crippen LogP contribution in [0.2, 0.25) is 0 Å². The van der Waals surface area contributed by atoms with Gasteiger partial charge in [0.15, 0.2) is 6.61 Å². The van der Waals surface area contributed by atoms with Crippen molar-refractivity contribution in [2.45, 2.75) is 19.0 Å². The Labute approximate surface area is 162 Å². The number of nitrogens with one attached hydrogen (secondary N) is 2. The van der Waals surface area contributed by atoms with Crippen LogP contribution < -0.4 is 15.4 Å². The van der Waals surface area contributed by atoms with Crippen LogP contribution in [0, 0.1) is 5.82 Å². The molecule has 7 heteroatoms. The highest BCUT2D eigenvalue weighted by Crippen LogP contribution is 2.08. The first-order valence-corrected chi connectivity index (χ1v) is 9.96. The molecule has 5 nitrogen and oxygen atoms in total. The number of carbonyl (C=O) groups excluding carboxylic acids is 2. The van der Waals surface area contributed by atoms with Crippen LogP contribution in [0.1, 0.15) is 12.0 Å². The number of carbonyl (C=O) groups is 2. The fourth-order valence-corrected chi connectivity index (χ4v) is 2.79. The second kappa shape index (κ2) is 11.2. The molecular weight excluding hydrogens is 367 g/mol. The number of hydrogen-bond acceptors (Lipinski definition) is 4. The van der Waals surface area contributed by atoms with Gasteiger partial charge in [0.1, 0.15) is 17.6 Å². The fraction of sp³-hybridized carbons (Fsp3) is 0.300. The molecule has 2 amide bonds. The van der Waals surface area contributed by atoms with E-state index in [2.05, 4.69) is 10.6 Å². The topological polar surface area (TPSA) is 67.4 Å². The summed E-state index contributed by atoms with van der Waals surface area (Å²) in [5.41, 5.74) is 0.784. The third kappa shape index (κ3) is 7.70. The van der Waals surface area contributed by atoms with Crippen LogP contribution in [0.5, 0.6) is 5.75 Å². The summed E-state index contributed by atoms with van der Waals surface area (Å²) in [7, 11) is 0. The van der Waals surface area contributed by atoms with Crippen molar-refractivity contribution in [3.8, 4) is 5.75 Å². The summed E-state index contributed by atoms with van der Waals surface area (Å²) in [5, 5.41) is 5.50. The largest absolute Gasteiger partial charge is 0.484 e. The molecule has 0 bridgehead atoms. The lowest BCUT2D eigenvalue weighted by Gasteiger charge is -2.18. The zero-order chi connectivity index (χ0) is 19.5. The minimum absolute atomic E-state index is 0.162. The van der Waals surface area contributed by atoms with Crippen molar-refractivity contribution in [3.63, 3.8) is 0 Å². The van der Waals surface area contributed by atoms with Crippen LogP contribution in [0.25, 0.3) is 0 Å². The lowest BCUT2D eigenvalue weighted by molar-refractivity contribution is -0.130. The highest BCUT2D eigenvalue weighted by atomic mass is 32.2. The first kappa shape index (κ1) is 20.8. The minimum Gasteiger partial charge on any atom is -0.484 e. The average molecular weight is 390 g/mol. The van der Waals surface area contributed by atoms with Gasteiger partial charge in [0.05, 0.1) is 0 Å². The third-order valence-electron chi connectivity index (χ3n) is 3.76. The molecule has 0 radical (unpaired) electrons. The second-order valence-corrected chi connectivity index (χ2v) is 6.83. The smallest absolute Gasteiger partial charge is 0.258 e. The van der Waals surface area contributed by atoms with Crippen molar-refractivity contribution in [3.05, 3.63) is 66.0 Å². The molecule has 0 aliphatic rings. The van der Waals surface area contributed by atoms with Gasteiger partial charge in [-0.05, 0) is 48.3 Å². The van der Waals surface area contributed by atoms with Gasteiger partial charge in [0.2, 0.25) is 5.91 Å². The van der Waals surface area contributed by atoms with Crippen molar-refractivity contribution >= 4 is 23.6 Å². The van der Waals surface area contributed by atoms with Gasteiger partial charge in [0.25, 0.3) is 5.91 Å². The number of amides is 2. The van der Waals surface area contributed by atoms with Crippen molar-refractivity contribution in [2.24, 2.45) is 0 Å². The Hall–Kier alpha value is -2.54. The second-order valence-electron chi connectivity index (χ2n) is 5.85.